The van der Waals surface area contributed by atoms with Crippen molar-refractivity contribution in [1.29, 1.82) is 0 Å². The van der Waals surface area contributed by atoms with Crippen LogP contribution >= 0.6 is 12.6 Å². The Labute approximate surface area is 82.3 Å². The topological polar surface area (TPSA) is 78.4 Å². The third-order valence-corrected chi connectivity index (χ3v) is 1.73. The summed E-state index contributed by atoms with van der Waals surface area (Å²) < 4.78 is 0. The summed E-state index contributed by atoms with van der Waals surface area (Å²) >= 11 is 3.96. The number of likely N-dealkylation sites (N-methyl/N-ethyl adjacent to an activating group) is 1. The number of hydrogen-bond acceptors (Lipinski definition) is 4. The summed E-state index contributed by atoms with van der Waals surface area (Å²) in [6, 6.07) is -0.423. The van der Waals surface area contributed by atoms with E-state index in [9.17, 15) is 9.59 Å². The highest BCUT2D eigenvalue weighted by atomic mass is 32.1. The zero-order valence-electron chi connectivity index (χ0n) is 7.41. The Kier molecular flexibility index (Phi) is 6.34. The number of carbonyl (C=O) groups is 2. The molecule has 6 heteroatoms. The average Bonchev–Trinajstić information content (AvgIpc) is 2.10. The van der Waals surface area contributed by atoms with Crippen LogP contribution in [0.2, 0.25) is 0 Å². The van der Waals surface area contributed by atoms with Gasteiger partial charge < -0.3 is 15.7 Å². The molecule has 0 aromatic carbocycles. The van der Waals surface area contributed by atoms with E-state index in [1.54, 1.807) is 0 Å². The maximum absolute atomic E-state index is 11.2. The summed E-state index contributed by atoms with van der Waals surface area (Å²) in [6.45, 7) is 2.15. The summed E-state index contributed by atoms with van der Waals surface area (Å²) in [4.78, 5) is 21.3. The fourth-order valence-electron chi connectivity index (χ4n) is 0.772. The van der Waals surface area contributed by atoms with Crippen molar-refractivity contribution in [2.45, 2.75) is 13.0 Å². The molecule has 0 aromatic rings. The molecule has 5 nitrogen and oxygen atoms in total. The largest absolute Gasteiger partial charge is 0.480 e. The molecule has 3 N–H and O–H groups in total. The maximum Gasteiger partial charge on any atom is 0.322 e. The van der Waals surface area contributed by atoms with Gasteiger partial charge in [0.1, 0.15) is 6.54 Å². The van der Waals surface area contributed by atoms with Gasteiger partial charge in [-0.05, 0) is 6.54 Å². The van der Waals surface area contributed by atoms with Gasteiger partial charge in [0, 0.05) is 5.75 Å². The smallest absolute Gasteiger partial charge is 0.322 e. The van der Waals surface area contributed by atoms with E-state index in [0.29, 0.717) is 12.3 Å². The molecule has 0 radical (unpaired) electrons. The van der Waals surface area contributed by atoms with Crippen LogP contribution in [0.4, 0.5) is 0 Å². The minimum atomic E-state index is -1.05. The number of carboxylic acids is 1. The molecule has 0 rings (SSSR count). The third kappa shape index (κ3) is 5.48. The zero-order valence-corrected chi connectivity index (χ0v) is 8.30. The Morgan fingerprint density at radius 1 is 1.54 bits per heavy atom. The van der Waals surface area contributed by atoms with Crippen molar-refractivity contribution in [3.05, 3.63) is 0 Å². The van der Waals surface area contributed by atoms with Crippen LogP contribution < -0.4 is 10.6 Å². The predicted molar refractivity (Wildman–Crippen MR) is 52.0 cm³/mol. The molecule has 1 unspecified atom stereocenters. The highest BCUT2D eigenvalue weighted by Gasteiger charge is 2.15. The minimum Gasteiger partial charge on any atom is -0.480 e. The third-order valence-electron chi connectivity index (χ3n) is 1.36. The van der Waals surface area contributed by atoms with Gasteiger partial charge in [0.2, 0.25) is 5.91 Å². The quantitative estimate of drug-likeness (QED) is 0.424. The molecule has 1 atom stereocenters. The Hall–Kier alpha value is -0.750. The summed E-state index contributed by atoms with van der Waals surface area (Å²) in [5, 5.41) is 13.4. The molecule has 0 spiro atoms. The highest BCUT2D eigenvalue weighted by Crippen LogP contribution is 1.87. The van der Waals surface area contributed by atoms with Crippen LogP contribution in [0.3, 0.4) is 0 Å². The Morgan fingerprint density at radius 3 is 2.54 bits per heavy atom. The molecule has 0 bridgehead atoms. The molecule has 0 saturated heterocycles. The van der Waals surface area contributed by atoms with Gasteiger partial charge in [0.15, 0.2) is 0 Å². The number of aliphatic carboxylic acids is 1. The number of amides is 1. The lowest BCUT2D eigenvalue weighted by atomic mass is 10.3. The van der Waals surface area contributed by atoms with Gasteiger partial charge in [0.25, 0.3) is 0 Å². The second kappa shape index (κ2) is 6.73. The van der Waals surface area contributed by atoms with E-state index < -0.39 is 12.0 Å². The van der Waals surface area contributed by atoms with Crippen molar-refractivity contribution in [2.75, 3.05) is 18.8 Å². The van der Waals surface area contributed by atoms with Crippen LogP contribution in [0, 0.1) is 0 Å². The average molecular weight is 206 g/mol. The summed E-state index contributed by atoms with van der Waals surface area (Å²) in [5.41, 5.74) is 0. The van der Waals surface area contributed by atoms with Crippen molar-refractivity contribution in [3.63, 3.8) is 0 Å². The van der Waals surface area contributed by atoms with Gasteiger partial charge in [-0.25, -0.2) is 0 Å². The fourth-order valence-corrected chi connectivity index (χ4v) is 1.07. The van der Waals surface area contributed by atoms with Crippen LogP contribution in [-0.4, -0.2) is 41.9 Å². The molecule has 0 heterocycles. The van der Waals surface area contributed by atoms with E-state index in [1.165, 1.54) is 0 Å². The normalized spacial score (nSPS) is 12.2. The van der Waals surface area contributed by atoms with Crippen LogP contribution in [0.25, 0.3) is 0 Å². The highest BCUT2D eigenvalue weighted by molar-refractivity contribution is 7.80. The van der Waals surface area contributed by atoms with Crippen molar-refractivity contribution in [3.8, 4) is 0 Å². The van der Waals surface area contributed by atoms with Gasteiger partial charge in [-0.15, -0.1) is 0 Å². The molecular formula is C7H14N2O3S. The van der Waals surface area contributed by atoms with Crippen LogP contribution in [-0.2, 0) is 9.59 Å². The monoisotopic (exact) mass is 206 g/mol. The number of thiol groups is 1. The first-order valence-corrected chi connectivity index (χ1v) is 4.58. The van der Waals surface area contributed by atoms with E-state index in [0.717, 1.165) is 0 Å². The molecule has 0 aromatic heterocycles. The molecule has 0 aliphatic carbocycles. The van der Waals surface area contributed by atoms with Crippen LogP contribution in [0.15, 0.2) is 0 Å². The first-order chi connectivity index (χ1) is 6.11. The van der Waals surface area contributed by atoms with E-state index in [2.05, 4.69) is 23.3 Å². The van der Waals surface area contributed by atoms with Gasteiger partial charge in [0.05, 0.1) is 6.04 Å². The number of carboxylic acid groups (broad SMARTS) is 1. The van der Waals surface area contributed by atoms with Crippen molar-refractivity contribution in [2.24, 2.45) is 0 Å². The van der Waals surface area contributed by atoms with E-state index in [-0.39, 0.29) is 12.5 Å². The molecule has 0 aliphatic rings. The Bertz CT molecular complexity index is 187. The zero-order chi connectivity index (χ0) is 10.3. The molecule has 0 saturated carbocycles. The summed E-state index contributed by atoms with van der Waals surface area (Å²) in [6.07, 6.45) is 0. The Balaban J connectivity index is 3.84. The number of rotatable bonds is 6. The van der Waals surface area contributed by atoms with E-state index >= 15 is 0 Å². The second-order valence-electron chi connectivity index (χ2n) is 2.40. The summed E-state index contributed by atoms with van der Waals surface area (Å²) in [7, 11) is 0. The predicted octanol–water partition coefficient (Wildman–Crippen LogP) is -0.905. The van der Waals surface area contributed by atoms with Crippen molar-refractivity contribution >= 4 is 24.5 Å². The SMILES string of the molecule is CCNC(CS)C(=O)NCC(=O)O. The van der Waals surface area contributed by atoms with Gasteiger partial charge >= 0.3 is 5.97 Å². The number of nitrogens with one attached hydrogen (secondary N) is 2. The number of carbonyl (C=O) groups excluding carboxylic acids is 1. The first kappa shape index (κ1) is 12.2. The lowest BCUT2D eigenvalue weighted by Crippen LogP contribution is -2.46. The fraction of sp³-hybridized carbons (Fsp3) is 0.714. The van der Waals surface area contributed by atoms with Crippen molar-refractivity contribution < 1.29 is 14.7 Å². The maximum atomic E-state index is 11.2. The molecule has 76 valence electrons. The lowest BCUT2D eigenvalue weighted by molar-refractivity contribution is -0.138. The van der Waals surface area contributed by atoms with Gasteiger partial charge in [-0.3, -0.25) is 9.59 Å². The number of hydrogen-bond donors (Lipinski definition) is 4. The molecule has 0 aliphatic heterocycles. The van der Waals surface area contributed by atoms with Crippen LogP contribution in [0.5, 0.6) is 0 Å². The van der Waals surface area contributed by atoms with E-state index in [4.69, 9.17) is 5.11 Å². The van der Waals surface area contributed by atoms with Crippen LogP contribution in [0.1, 0.15) is 6.92 Å². The van der Waals surface area contributed by atoms with Gasteiger partial charge in [-0.1, -0.05) is 6.92 Å². The molecule has 1 amide bonds. The molecule has 13 heavy (non-hydrogen) atoms. The second-order valence-corrected chi connectivity index (χ2v) is 2.77. The van der Waals surface area contributed by atoms with Crippen molar-refractivity contribution in [1.82, 2.24) is 10.6 Å². The molecular weight excluding hydrogens is 192 g/mol. The summed E-state index contributed by atoms with van der Waals surface area (Å²) in [5.74, 6) is -1.04. The van der Waals surface area contributed by atoms with Gasteiger partial charge in [-0.2, -0.15) is 12.6 Å². The first-order valence-electron chi connectivity index (χ1n) is 3.95. The Morgan fingerprint density at radius 2 is 2.15 bits per heavy atom. The standard InChI is InChI=1S/C7H14N2O3S/c1-2-8-5(4-13)7(12)9-3-6(10)11/h5,8,13H,2-4H2,1H3,(H,9,12)(H,10,11). The molecule has 0 fully saturated rings. The lowest BCUT2D eigenvalue weighted by Gasteiger charge is -2.13. The minimum absolute atomic E-state index is 0.334. The van der Waals surface area contributed by atoms with E-state index in [1.807, 2.05) is 6.92 Å².